The zero-order valence-corrected chi connectivity index (χ0v) is 32.7. The van der Waals surface area contributed by atoms with E-state index in [2.05, 4.69) is 15.9 Å². The van der Waals surface area contributed by atoms with Crippen LogP contribution in [0.3, 0.4) is 0 Å². The smallest absolute Gasteiger partial charge is 0.288 e. The van der Waals surface area contributed by atoms with Gasteiger partial charge in [-0.05, 0) is 31.9 Å². The molecule has 2 N–H and O–H groups in total. The molecule has 0 aliphatic rings. The minimum Gasteiger partial charge on any atom is -0.388 e. The first kappa shape index (κ1) is 48.2. The number of nitrogens with zero attached hydrogens (tertiary/aromatic N) is 4. The largest absolute Gasteiger partial charge is 0.388 e. The zero-order chi connectivity index (χ0) is 43.6. The monoisotopic (exact) mass is 948 g/mol. The van der Waals surface area contributed by atoms with Crippen LogP contribution in [0.1, 0.15) is 63.8 Å². The van der Waals surface area contributed by atoms with Gasteiger partial charge in [-0.25, -0.2) is 17.6 Å². The number of alkyl halides is 1. The second kappa shape index (κ2) is 21.0. The van der Waals surface area contributed by atoms with Crippen LogP contribution in [0, 0.1) is 63.7 Å². The Morgan fingerprint density at radius 1 is 0.579 bits per heavy atom. The van der Waals surface area contributed by atoms with E-state index in [0.29, 0.717) is 12.1 Å². The van der Waals surface area contributed by atoms with Gasteiger partial charge < -0.3 is 10.2 Å². The Balaban J connectivity index is 0.000000325. The van der Waals surface area contributed by atoms with Crippen molar-refractivity contribution >= 4 is 96.6 Å². The molecule has 0 radical (unpaired) electrons. The minimum absolute atomic E-state index is 0.108. The molecule has 0 bridgehead atoms. The summed E-state index contributed by atoms with van der Waals surface area (Å²) in [6.07, 6.45) is -3.80. The number of carbonyl (C=O) groups is 2. The molecule has 0 saturated heterocycles. The summed E-state index contributed by atoms with van der Waals surface area (Å²) < 4.78 is 54.1. The summed E-state index contributed by atoms with van der Waals surface area (Å²) >= 11 is 24.8. The normalized spacial score (nSPS) is 11.6. The van der Waals surface area contributed by atoms with E-state index in [9.17, 15) is 77.8 Å². The van der Waals surface area contributed by atoms with E-state index in [4.69, 9.17) is 46.4 Å². The molecule has 0 saturated carbocycles. The van der Waals surface area contributed by atoms with Gasteiger partial charge in [0, 0.05) is 47.5 Å². The molecule has 0 aliphatic carbocycles. The Hall–Kier alpha value is -4.90. The maximum Gasteiger partial charge on any atom is 0.288 e. The van der Waals surface area contributed by atoms with Crippen molar-refractivity contribution in [1.82, 2.24) is 0 Å². The summed E-state index contributed by atoms with van der Waals surface area (Å²) in [4.78, 5) is 61.4. The lowest BCUT2D eigenvalue weighted by Gasteiger charge is -2.16. The van der Waals surface area contributed by atoms with E-state index in [1.807, 2.05) is 0 Å². The van der Waals surface area contributed by atoms with Crippen molar-refractivity contribution in [3.05, 3.63) is 155 Å². The average molecular weight is 951 g/mol. The van der Waals surface area contributed by atoms with Crippen LogP contribution in [0.5, 0.6) is 0 Å². The molecule has 25 heteroatoms. The summed E-state index contributed by atoms with van der Waals surface area (Å²) in [7, 11) is 0. The molecule has 2 atom stereocenters. The van der Waals surface area contributed by atoms with E-state index in [-0.39, 0.29) is 39.3 Å². The fraction of sp³-hybridized carbons (Fsp3) is 0.188. The summed E-state index contributed by atoms with van der Waals surface area (Å²) in [5.74, 6) is -4.87. The number of aliphatic hydroxyl groups excluding tert-OH is 2. The van der Waals surface area contributed by atoms with Gasteiger partial charge in [-0.3, -0.25) is 50.0 Å². The highest BCUT2D eigenvalue weighted by molar-refractivity contribution is 9.09. The van der Waals surface area contributed by atoms with Crippen LogP contribution < -0.4 is 0 Å². The maximum atomic E-state index is 14.0. The number of benzene rings is 4. The van der Waals surface area contributed by atoms with Crippen LogP contribution in [0.4, 0.5) is 40.3 Å². The summed E-state index contributed by atoms with van der Waals surface area (Å²) in [5.41, 5.74) is -3.71. The highest BCUT2D eigenvalue weighted by Gasteiger charge is 2.26. The predicted octanol–water partition coefficient (Wildman–Crippen LogP) is 10.2. The highest BCUT2D eigenvalue weighted by atomic mass is 79.9. The molecule has 4 aromatic rings. The van der Waals surface area contributed by atoms with Gasteiger partial charge in [0.1, 0.15) is 43.4 Å². The fourth-order valence-electron chi connectivity index (χ4n) is 4.44. The van der Waals surface area contributed by atoms with Crippen molar-refractivity contribution in [1.29, 1.82) is 0 Å². The predicted molar refractivity (Wildman–Crippen MR) is 200 cm³/mol. The summed E-state index contributed by atoms with van der Waals surface area (Å²) in [6.45, 7) is 1.12. The SMILES string of the molecule is CC(=O)c1cc([N+](=O)[O-])c(Cl)cc1F.O=C(CBr)c1cc([N+](=O)[O-])c(Cl)cc1F.O=[N+]([O-])c1cc(C(O)CCC(O)c2cc([N+](=O)[O-])c(Cl)cc2F)c(F)cc1Cl. The second-order valence-electron chi connectivity index (χ2n) is 11.0. The van der Waals surface area contributed by atoms with Crippen LogP contribution in [0.2, 0.25) is 20.1 Å². The van der Waals surface area contributed by atoms with Crippen molar-refractivity contribution in [2.45, 2.75) is 32.0 Å². The van der Waals surface area contributed by atoms with Crippen molar-refractivity contribution < 1.29 is 57.1 Å². The average Bonchev–Trinajstić information content (AvgIpc) is 3.10. The lowest BCUT2D eigenvalue weighted by atomic mass is 9.98. The number of ketones is 2. The Bertz CT molecular complexity index is 2170. The van der Waals surface area contributed by atoms with Crippen LogP contribution >= 0.6 is 62.3 Å². The first-order valence-electron chi connectivity index (χ1n) is 14.9. The first-order chi connectivity index (χ1) is 26.4. The first-order valence-corrected chi connectivity index (χ1v) is 17.6. The number of hydrogen-bond acceptors (Lipinski definition) is 12. The van der Waals surface area contributed by atoms with Crippen molar-refractivity contribution in [2.75, 3.05) is 5.33 Å². The molecule has 57 heavy (non-hydrogen) atoms. The second-order valence-corrected chi connectivity index (χ2v) is 13.2. The third-order valence-corrected chi connectivity index (χ3v) is 8.94. The zero-order valence-electron chi connectivity index (χ0n) is 28.1. The molecule has 0 aliphatic heterocycles. The van der Waals surface area contributed by atoms with E-state index >= 15 is 0 Å². The van der Waals surface area contributed by atoms with Gasteiger partial charge in [-0.1, -0.05) is 62.3 Å². The van der Waals surface area contributed by atoms with Gasteiger partial charge in [0.15, 0.2) is 11.6 Å². The molecular formula is C32H21BrCl4F4N4O12. The summed E-state index contributed by atoms with van der Waals surface area (Å²) in [5, 5.41) is 61.2. The number of rotatable bonds is 12. The number of carbonyl (C=O) groups excluding carboxylic acids is 2. The molecular weight excluding hydrogens is 930 g/mol. The molecule has 0 fully saturated rings. The Labute approximate surface area is 344 Å². The number of hydrogen-bond donors (Lipinski definition) is 2. The van der Waals surface area contributed by atoms with Crippen LogP contribution in [-0.2, 0) is 0 Å². The van der Waals surface area contributed by atoms with E-state index in [1.165, 1.54) is 0 Å². The minimum atomic E-state index is -1.57. The van der Waals surface area contributed by atoms with Gasteiger partial charge in [0.05, 0.1) is 48.4 Å². The van der Waals surface area contributed by atoms with Crippen molar-refractivity contribution in [3.63, 3.8) is 0 Å². The van der Waals surface area contributed by atoms with Gasteiger partial charge in [-0.2, -0.15) is 0 Å². The van der Waals surface area contributed by atoms with E-state index in [1.54, 1.807) is 0 Å². The van der Waals surface area contributed by atoms with Gasteiger partial charge in [-0.15, -0.1) is 0 Å². The Morgan fingerprint density at radius 2 is 0.860 bits per heavy atom. The fourth-order valence-corrected chi connectivity index (χ4v) is 5.61. The van der Waals surface area contributed by atoms with E-state index < -0.39 is 111 Å². The lowest BCUT2D eigenvalue weighted by molar-refractivity contribution is -0.385. The quantitative estimate of drug-likeness (QED) is 0.0443. The standard InChI is InChI=1S/C16H12Cl2F2N2O6.C8H4BrClFNO3.C8H5ClFNO3/c17-9-5-11(19)7(3-13(9)21(25)26)15(23)1-2-16(24)8-4-14(22(27)28)10(18)6-12(8)20;9-3-8(13)4-1-7(12(14)15)5(10)2-6(4)11;1-4(12)5-2-8(11(13)14)6(9)3-7(5)10/h3-6,15-16,23-24H,1-2H2;1-2H,3H2;2-3H,1H3. The lowest BCUT2D eigenvalue weighted by Crippen LogP contribution is -2.07. The molecule has 16 nitrogen and oxygen atoms in total. The third-order valence-electron chi connectivity index (χ3n) is 7.22. The van der Waals surface area contributed by atoms with Gasteiger partial charge in [0.2, 0.25) is 0 Å². The van der Waals surface area contributed by atoms with Crippen LogP contribution in [0.15, 0.2) is 48.5 Å². The molecule has 0 aromatic heterocycles. The third kappa shape index (κ3) is 12.8. The molecule has 0 amide bonds. The molecule has 4 aromatic carbocycles. The van der Waals surface area contributed by atoms with Gasteiger partial charge >= 0.3 is 0 Å². The Morgan fingerprint density at radius 3 is 1.16 bits per heavy atom. The van der Waals surface area contributed by atoms with Gasteiger partial charge in [0.25, 0.3) is 22.7 Å². The molecule has 0 spiro atoms. The molecule has 2 unspecified atom stereocenters. The Kier molecular flexibility index (Phi) is 17.8. The maximum absolute atomic E-state index is 14.0. The topological polar surface area (TPSA) is 247 Å². The van der Waals surface area contributed by atoms with Crippen LogP contribution in [0.25, 0.3) is 0 Å². The molecule has 304 valence electrons. The number of nitro benzene ring substituents is 4. The molecule has 0 heterocycles. The number of Topliss-reactive ketones (excluding diaryl/α,β-unsaturated/α-hetero) is 2. The highest BCUT2D eigenvalue weighted by Crippen LogP contribution is 2.36. The van der Waals surface area contributed by atoms with Crippen molar-refractivity contribution in [3.8, 4) is 0 Å². The number of nitro groups is 4. The molecule has 4 rings (SSSR count). The number of halogens is 9. The van der Waals surface area contributed by atoms with Crippen molar-refractivity contribution in [2.24, 2.45) is 0 Å². The summed E-state index contributed by atoms with van der Waals surface area (Å²) in [6, 6.07) is 6.08. The van der Waals surface area contributed by atoms with Crippen LogP contribution in [-0.4, -0.2) is 46.8 Å². The van der Waals surface area contributed by atoms with E-state index in [0.717, 1.165) is 43.3 Å². The number of aliphatic hydroxyl groups is 2.